The van der Waals surface area contributed by atoms with Crippen molar-refractivity contribution >= 4 is 22.1 Å². The quantitative estimate of drug-likeness (QED) is 0.709. The summed E-state index contributed by atoms with van der Waals surface area (Å²) in [7, 11) is 0. The van der Waals surface area contributed by atoms with Gasteiger partial charge in [-0.05, 0) is 64.6 Å². The molecule has 1 atom stereocenters. The largest absolute Gasteiger partial charge is 0.385 e. The van der Waals surface area contributed by atoms with Crippen LogP contribution in [0.25, 0.3) is 22.1 Å². The highest BCUT2D eigenvalue weighted by atomic mass is 16.3. The molecular formula is C22H28N6O. The number of nitrogens with one attached hydrogen (secondary N) is 1. The van der Waals surface area contributed by atoms with E-state index in [4.69, 9.17) is 10.2 Å². The molecule has 1 aliphatic carbocycles. The molecule has 0 aromatic carbocycles. The number of nitriles is 1. The number of imidazole rings is 1. The second kappa shape index (κ2) is 7.43. The van der Waals surface area contributed by atoms with E-state index < -0.39 is 6.10 Å². The normalized spacial score (nSPS) is 25.4. The summed E-state index contributed by atoms with van der Waals surface area (Å²) in [5, 5.41) is 20.6. The van der Waals surface area contributed by atoms with Gasteiger partial charge >= 0.3 is 0 Å². The molecule has 0 amide bonds. The van der Waals surface area contributed by atoms with Crippen molar-refractivity contribution < 1.29 is 5.11 Å². The van der Waals surface area contributed by atoms with Crippen molar-refractivity contribution in [3.63, 3.8) is 0 Å². The van der Waals surface area contributed by atoms with E-state index in [0.29, 0.717) is 12.1 Å². The van der Waals surface area contributed by atoms with Crippen molar-refractivity contribution in [2.75, 3.05) is 13.1 Å². The first-order valence-electron chi connectivity index (χ1n) is 10.8. The summed E-state index contributed by atoms with van der Waals surface area (Å²) in [5.74, 6) is 0.986. The molecule has 0 spiro atoms. The fraction of sp³-hybridized carbons (Fsp3) is 0.591. The number of hydrogen-bond acceptors (Lipinski definition) is 5. The van der Waals surface area contributed by atoms with E-state index in [-0.39, 0.29) is 5.92 Å². The van der Waals surface area contributed by atoms with E-state index in [0.717, 1.165) is 79.5 Å². The lowest BCUT2D eigenvalue weighted by molar-refractivity contribution is 0.103. The Morgan fingerprint density at radius 1 is 1.17 bits per heavy atom. The molecule has 0 radical (unpaired) electrons. The Kier molecular flexibility index (Phi) is 4.76. The van der Waals surface area contributed by atoms with Crippen LogP contribution in [0.5, 0.6) is 0 Å². The molecule has 7 heteroatoms. The van der Waals surface area contributed by atoms with Crippen molar-refractivity contribution in [1.29, 1.82) is 5.26 Å². The SMILES string of the molecule is CC(O)c1nc2cnc3[nH]ccc3c2n1C1CCC(N2CCC(C#N)CC2)CC1. The summed E-state index contributed by atoms with van der Waals surface area (Å²) in [4.78, 5) is 15.0. The molecule has 7 nitrogen and oxygen atoms in total. The monoisotopic (exact) mass is 392 g/mol. The maximum Gasteiger partial charge on any atom is 0.139 e. The van der Waals surface area contributed by atoms with Gasteiger partial charge in [-0.2, -0.15) is 5.26 Å². The number of aromatic amines is 1. The minimum absolute atomic E-state index is 0.242. The zero-order valence-electron chi connectivity index (χ0n) is 16.9. The Balaban J connectivity index is 1.41. The lowest BCUT2D eigenvalue weighted by Crippen LogP contribution is -2.43. The molecule has 5 rings (SSSR count). The number of aromatic nitrogens is 4. The van der Waals surface area contributed by atoms with E-state index in [2.05, 4.69) is 31.6 Å². The molecule has 2 aliphatic rings. The molecule has 2 N–H and O–H groups in total. The van der Waals surface area contributed by atoms with E-state index in [1.54, 1.807) is 6.92 Å². The Hall–Kier alpha value is -2.43. The van der Waals surface area contributed by atoms with E-state index >= 15 is 0 Å². The third-order valence-corrected chi connectivity index (χ3v) is 6.90. The Morgan fingerprint density at radius 3 is 2.59 bits per heavy atom. The van der Waals surface area contributed by atoms with E-state index in [9.17, 15) is 5.11 Å². The molecule has 3 aromatic heterocycles. The zero-order chi connectivity index (χ0) is 20.0. The van der Waals surface area contributed by atoms with Gasteiger partial charge in [-0.3, -0.25) is 0 Å². The fourth-order valence-electron chi connectivity index (χ4n) is 5.35. The van der Waals surface area contributed by atoms with Crippen molar-refractivity contribution in [3.8, 4) is 6.07 Å². The maximum absolute atomic E-state index is 10.4. The maximum atomic E-state index is 10.4. The molecule has 1 saturated heterocycles. The summed E-state index contributed by atoms with van der Waals surface area (Å²) in [5.41, 5.74) is 2.81. The van der Waals surface area contributed by atoms with Gasteiger partial charge in [0.25, 0.3) is 0 Å². The van der Waals surface area contributed by atoms with Crippen LogP contribution < -0.4 is 0 Å². The molecule has 1 unspecified atom stereocenters. The standard InChI is InChI=1S/C22H28N6O/c1-14(29)22-26-19-13-25-21-18(6-9-24-21)20(19)28(22)17-4-2-16(3-5-17)27-10-7-15(12-23)8-11-27/h6,9,13-17,29H,2-5,7-8,10-11H2,1H3,(H,24,25). The summed E-state index contributed by atoms with van der Waals surface area (Å²) >= 11 is 0. The molecule has 1 aliphatic heterocycles. The molecule has 3 aromatic rings. The molecule has 152 valence electrons. The number of aliphatic hydroxyl groups excluding tert-OH is 1. The van der Waals surface area contributed by atoms with Crippen LogP contribution in [-0.4, -0.2) is 48.7 Å². The Bertz CT molecular complexity index is 1040. The van der Waals surface area contributed by atoms with Crippen LogP contribution in [-0.2, 0) is 0 Å². The Morgan fingerprint density at radius 2 is 1.90 bits per heavy atom. The van der Waals surface area contributed by atoms with Crippen LogP contribution in [0.15, 0.2) is 18.5 Å². The predicted molar refractivity (Wildman–Crippen MR) is 111 cm³/mol. The lowest BCUT2D eigenvalue weighted by atomic mass is 9.87. The van der Waals surface area contributed by atoms with Gasteiger partial charge in [-0.15, -0.1) is 0 Å². The van der Waals surface area contributed by atoms with Gasteiger partial charge in [0.15, 0.2) is 0 Å². The van der Waals surface area contributed by atoms with Gasteiger partial charge in [0.1, 0.15) is 23.1 Å². The van der Waals surface area contributed by atoms with Gasteiger partial charge in [-0.1, -0.05) is 0 Å². The molecule has 1 saturated carbocycles. The number of aliphatic hydroxyl groups is 1. The van der Waals surface area contributed by atoms with Gasteiger partial charge in [-0.25, -0.2) is 9.97 Å². The fourth-order valence-corrected chi connectivity index (χ4v) is 5.35. The van der Waals surface area contributed by atoms with Crippen LogP contribution in [0, 0.1) is 17.2 Å². The number of H-pyrrole nitrogens is 1. The van der Waals surface area contributed by atoms with Crippen molar-refractivity contribution in [2.45, 2.75) is 63.6 Å². The van der Waals surface area contributed by atoms with Crippen molar-refractivity contribution in [1.82, 2.24) is 24.4 Å². The van der Waals surface area contributed by atoms with Crippen LogP contribution in [0.1, 0.15) is 63.4 Å². The summed E-state index contributed by atoms with van der Waals surface area (Å²) < 4.78 is 2.29. The minimum Gasteiger partial charge on any atom is -0.385 e. The minimum atomic E-state index is -0.612. The number of fused-ring (bicyclic) bond motifs is 3. The first kappa shape index (κ1) is 18.6. The number of piperidine rings is 1. The van der Waals surface area contributed by atoms with E-state index in [1.807, 2.05) is 12.4 Å². The van der Waals surface area contributed by atoms with Gasteiger partial charge < -0.3 is 19.6 Å². The third kappa shape index (κ3) is 3.21. The second-order valence-corrected chi connectivity index (χ2v) is 8.65. The zero-order valence-corrected chi connectivity index (χ0v) is 16.9. The van der Waals surface area contributed by atoms with Gasteiger partial charge in [0.2, 0.25) is 0 Å². The van der Waals surface area contributed by atoms with Crippen molar-refractivity contribution in [3.05, 3.63) is 24.3 Å². The predicted octanol–water partition coefficient (Wildman–Crippen LogP) is 3.69. The van der Waals surface area contributed by atoms with Crippen LogP contribution in [0.4, 0.5) is 0 Å². The smallest absolute Gasteiger partial charge is 0.139 e. The highest BCUT2D eigenvalue weighted by Gasteiger charge is 2.32. The molecule has 0 bridgehead atoms. The Labute approximate surface area is 170 Å². The molecular weight excluding hydrogens is 364 g/mol. The molecule has 2 fully saturated rings. The number of rotatable bonds is 3. The summed E-state index contributed by atoms with van der Waals surface area (Å²) in [6.45, 7) is 3.90. The van der Waals surface area contributed by atoms with E-state index in [1.165, 1.54) is 0 Å². The molecule has 29 heavy (non-hydrogen) atoms. The van der Waals surface area contributed by atoms with Crippen LogP contribution in [0.3, 0.4) is 0 Å². The number of nitrogens with zero attached hydrogens (tertiary/aromatic N) is 5. The first-order chi connectivity index (χ1) is 14.2. The average Bonchev–Trinajstić information content (AvgIpc) is 3.38. The second-order valence-electron chi connectivity index (χ2n) is 8.65. The van der Waals surface area contributed by atoms with Crippen LogP contribution >= 0.6 is 0 Å². The highest BCUT2D eigenvalue weighted by molar-refractivity contribution is 6.01. The van der Waals surface area contributed by atoms with Gasteiger partial charge in [0.05, 0.1) is 17.8 Å². The third-order valence-electron chi connectivity index (χ3n) is 6.90. The number of hydrogen-bond donors (Lipinski definition) is 2. The highest BCUT2D eigenvalue weighted by Crippen LogP contribution is 2.38. The topological polar surface area (TPSA) is 93.8 Å². The number of pyridine rings is 1. The van der Waals surface area contributed by atoms with Crippen LogP contribution in [0.2, 0.25) is 0 Å². The number of likely N-dealkylation sites (tertiary alicyclic amines) is 1. The average molecular weight is 393 g/mol. The van der Waals surface area contributed by atoms with Gasteiger partial charge in [0, 0.05) is 29.6 Å². The summed E-state index contributed by atoms with van der Waals surface area (Å²) in [6, 6.07) is 5.45. The first-order valence-corrected chi connectivity index (χ1v) is 10.8. The molecule has 4 heterocycles. The summed E-state index contributed by atoms with van der Waals surface area (Å²) in [6.07, 6.45) is 9.61. The van der Waals surface area contributed by atoms with Crippen molar-refractivity contribution in [2.24, 2.45) is 5.92 Å². The lowest BCUT2D eigenvalue weighted by Gasteiger charge is -2.40.